The molecular weight excluding hydrogens is 484 g/mol. The molecule has 198 valence electrons. The van der Waals surface area contributed by atoms with Crippen LogP contribution in [0.4, 0.5) is 0 Å². The van der Waals surface area contributed by atoms with Gasteiger partial charge < -0.3 is 19.3 Å². The Morgan fingerprint density at radius 2 is 1.63 bits per heavy atom. The first-order valence-electron chi connectivity index (χ1n) is 13.7. The van der Waals surface area contributed by atoms with Crippen LogP contribution in [0.1, 0.15) is 58.0 Å². The number of H-pyrrole nitrogens is 1. The maximum absolute atomic E-state index is 13.6. The second-order valence-corrected chi connectivity index (χ2v) is 11.2. The lowest BCUT2D eigenvalue weighted by molar-refractivity contribution is 0.0490. The van der Waals surface area contributed by atoms with Gasteiger partial charge >= 0.3 is 0 Å². The Morgan fingerprint density at radius 3 is 2.34 bits per heavy atom. The third-order valence-corrected chi connectivity index (χ3v) is 8.51. The Balaban J connectivity index is 1.01. The van der Waals surface area contributed by atoms with E-state index in [0.29, 0.717) is 67.1 Å². The molecule has 0 spiro atoms. The Kier molecular flexibility index (Phi) is 5.99. The maximum Gasteiger partial charge on any atom is 0.254 e. The highest BCUT2D eigenvalue weighted by molar-refractivity contribution is 5.97. The molecule has 10 nitrogen and oxygen atoms in total. The minimum absolute atomic E-state index is 0.0108. The summed E-state index contributed by atoms with van der Waals surface area (Å²) in [5.41, 5.74) is 3.76. The molecule has 1 N–H and O–H groups in total. The number of benzene rings is 1. The number of rotatable bonds is 6. The van der Waals surface area contributed by atoms with Crippen LogP contribution in [0.15, 0.2) is 30.3 Å². The number of carbonyl (C=O) groups is 2. The van der Waals surface area contributed by atoms with Crippen molar-refractivity contribution in [2.75, 3.05) is 46.0 Å². The van der Waals surface area contributed by atoms with Gasteiger partial charge in [0, 0.05) is 80.0 Å². The van der Waals surface area contributed by atoms with Crippen LogP contribution < -0.4 is 4.74 Å². The molecule has 0 radical (unpaired) electrons. The first-order chi connectivity index (χ1) is 18.6. The summed E-state index contributed by atoms with van der Waals surface area (Å²) < 4.78 is 11.6. The van der Waals surface area contributed by atoms with Gasteiger partial charge in [-0.15, -0.1) is 5.10 Å². The molecule has 1 aromatic carbocycles. The largest absolute Gasteiger partial charge is 0.477 e. The van der Waals surface area contributed by atoms with Crippen LogP contribution in [-0.4, -0.2) is 88.0 Å². The topological polar surface area (TPSA) is 114 Å². The third kappa shape index (κ3) is 4.62. The van der Waals surface area contributed by atoms with Crippen LogP contribution in [-0.2, 0) is 4.74 Å². The van der Waals surface area contributed by atoms with E-state index in [1.165, 1.54) is 0 Å². The van der Waals surface area contributed by atoms with Gasteiger partial charge in [0.25, 0.3) is 11.8 Å². The minimum Gasteiger partial charge on any atom is -0.477 e. The zero-order valence-corrected chi connectivity index (χ0v) is 21.3. The fraction of sp³-hybridized carbons (Fsp3) is 0.536. The number of aromatic nitrogens is 4. The summed E-state index contributed by atoms with van der Waals surface area (Å²) >= 11 is 0. The molecule has 2 aromatic heterocycles. The van der Waals surface area contributed by atoms with Crippen molar-refractivity contribution >= 4 is 22.8 Å². The second-order valence-electron chi connectivity index (χ2n) is 11.2. The molecule has 4 aliphatic rings. The number of amides is 2. The van der Waals surface area contributed by atoms with E-state index in [2.05, 4.69) is 15.4 Å². The Bertz CT molecular complexity index is 1350. The molecular formula is C28H32N6O4. The number of nitrogens with zero attached hydrogens (tertiary/aromatic N) is 5. The van der Waals surface area contributed by atoms with E-state index in [1.807, 2.05) is 34.1 Å². The zero-order valence-electron chi connectivity index (χ0n) is 21.3. The summed E-state index contributed by atoms with van der Waals surface area (Å²) in [4.78, 5) is 35.4. The van der Waals surface area contributed by atoms with Crippen molar-refractivity contribution in [3.63, 3.8) is 0 Å². The number of pyridine rings is 1. The van der Waals surface area contributed by atoms with Gasteiger partial charge in [0.1, 0.15) is 5.52 Å². The maximum atomic E-state index is 13.6. The third-order valence-electron chi connectivity index (χ3n) is 8.51. The van der Waals surface area contributed by atoms with Crippen LogP contribution in [0, 0.1) is 17.8 Å². The highest BCUT2D eigenvalue weighted by atomic mass is 16.5. The molecule has 7 rings (SSSR count). The van der Waals surface area contributed by atoms with E-state index < -0.39 is 0 Å². The van der Waals surface area contributed by atoms with E-state index >= 15 is 0 Å². The van der Waals surface area contributed by atoms with Gasteiger partial charge in [0.05, 0.1) is 12.1 Å². The van der Waals surface area contributed by atoms with Gasteiger partial charge in [-0.1, -0.05) is 5.21 Å². The summed E-state index contributed by atoms with van der Waals surface area (Å²) in [5.74, 6) is 2.08. The minimum atomic E-state index is 0.0108. The molecule has 38 heavy (non-hydrogen) atoms. The summed E-state index contributed by atoms with van der Waals surface area (Å²) in [5, 5.41) is 10.6. The molecule has 1 aliphatic carbocycles. The van der Waals surface area contributed by atoms with Gasteiger partial charge in [-0.25, -0.2) is 4.98 Å². The number of likely N-dealkylation sites (tertiary alicyclic amines) is 2. The standard InChI is InChI=1S/C28H32N6O4/c35-27(19-3-4-23-25(9-19)31-32-30-23)33-12-21-14-34(15-22(21)13-33)28(36)20-10-24(18-1-2-18)29-26(11-20)38-16-17-5-7-37-8-6-17/h3-4,9-11,17-18,21-22H,1-2,5-8,12-16H2,(H,30,31,32)/t21-,22-/m1/s1. The Labute approximate surface area is 220 Å². The van der Waals surface area contributed by atoms with E-state index in [4.69, 9.17) is 14.5 Å². The first kappa shape index (κ1) is 23.6. The van der Waals surface area contributed by atoms with Crippen molar-refractivity contribution in [3.8, 4) is 5.88 Å². The number of carbonyl (C=O) groups excluding carboxylic acids is 2. The monoisotopic (exact) mass is 516 g/mol. The number of ether oxygens (including phenoxy) is 2. The highest BCUT2D eigenvalue weighted by Gasteiger charge is 2.43. The smallest absolute Gasteiger partial charge is 0.254 e. The molecule has 3 aromatic rings. The molecule has 10 heteroatoms. The summed E-state index contributed by atoms with van der Waals surface area (Å²) in [6, 6.07) is 9.22. The van der Waals surface area contributed by atoms with Crippen molar-refractivity contribution in [2.45, 2.75) is 31.6 Å². The van der Waals surface area contributed by atoms with Gasteiger partial charge in [0.2, 0.25) is 5.88 Å². The molecule has 0 unspecified atom stereocenters. The van der Waals surface area contributed by atoms with Crippen LogP contribution >= 0.6 is 0 Å². The quantitative estimate of drug-likeness (QED) is 0.536. The van der Waals surface area contributed by atoms with Crippen molar-refractivity contribution in [2.24, 2.45) is 17.8 Å². The number of hydrogen-bond donors (Lipinski definition) is 1. The summed E-state index contributed by atoms with van der Waals surface area (Å²) in [6.45, 7) is 4.82. The van der Waals surface area contributed by atoms with Crippen molar-refractivity contribution in [1.29, 1.82) is 0 Å². The normalized spacial score (nSPS) is 23.7. The molecule has 2 atom stereocenters. The fourth-order valence-corrected chi connectivity index (χ4v) is 6.09. The fourth-order valence-electron chi connectivity index (χ4n) is 6.09. The van der Waals surface area contributed by atoms with Gasteiger partial charge in [-0.2, -0.15) is 0 Å². The van der Waals surface area contributed by atoms with Gasteiger partial charge in [-0.05, 0) is 55.9 Å². The molecule has 3 aliphatic heterocycles. The average Bonchev–Trinajstić information content (AvgIpc) is 3.37. The first-order valence-corrected chi connectivity index (χ1v) is 13.7. The van der Waals surface area contributed by atoms with Crippen LogP contribution in [0.2, 0.25) is 0 Å². The SMILES string of the molecule is O=C(c1cc(OCC2CCOCC2)nc(C2CC2)c1)N1C[C@H]2CN(C(=O)c3ccc4[nH]nnc4c3)C[C@@H]2C1. The number of fused-ring (bicyclic) bond motifs is 2. The lowest BCUT2D eigenvalue weighted by Crippen LogP contribution is -2.35. The van der Waals surface area contributed by atoms with E-state index in [0.717, 1.165) is 50.1 Å². The predicted molar refractivity (Wildman–Crippen MR) is 138 cm³/mol. The van der Waals surface area contributed by atoms with Gasteiger partial charge in [-0.3, -0.25) is 14.7 Å². The van der Waals surface area contributed by atoms with Gasteiger partial charge in [0.15, 0.2) is 0 Å². The zero-order chi connectivity index (χ0) is 25.6. The molecule has 4 fully saturated rings. The number of hydrogen-bond acceptors (Lipinski definition) is 7. The van der Waals surface area contributed by atoms with Crippen LogP contribution in [0.25, 0.3) is 11.0 Å². The molecule has 0 bridgehead atoms. The molecule has 3 saturated heterocycles. The molecule has 1 saturated carbocycles. The van der Waals surface area contributed by atoms with Crippen molar-refractivity contribution in [1.82, 2.24) is 30.2 Å². The lowest BCUT2D eigenvalue weighted by Gasteiger charge is -2.23. The molecule has 2 amide bonds. The van der Waals surface area contributed by atoms with Crippen molar-refractivity contribution < 1.29 is 19.1 Å². The van der Waals surface area contributed by atoms with Crippen molar-refractivity contribution in [3.05, 3.63) is 47.2 Å². The second kappa shape index (κ2) is 9.65. The summed E-state index contributed by atoms with van der Waals surface area (Å²) in [6.07, 6.45) is 4.23. The van der Waals surface area contributed by atoms with E-state index in [1.54, 1.807) is 6.07 Å². The number of aromatic amines is 1. The predicted octanol–water partition coefficient (Wildman–Crippen LogP) is 2.88. The Morgan fingerprint density at radius 1 is 0.921 bits per heavy atom. The lowest BCUT2D eigenvalue weighted by atomic mass is 10.0. The van der Waals surface area contributed by atoms with E-state index in [9.17, 15) is 9.59 Å². The van der Waals surface area contributed by atoms with E-state index in [-0.39, 0.29) is 23.7 Å². The van der Waals surface area contributed by atoms with Crippen LogP contribution in [0.3, 0.4) is 0 Å². The Hall–Kier alpha value is -3.53. The average molecular weight is 517 g/mol. The molecule has 5 heterocycles. The van der Waals surface area contributed by atoms with Crippen LogP contribution in [0.5, 0.6) is 5.88 Å². The highest BCUT2D eigenvalue weighted by Crippen LogP contribution is 2.40. The number of nitrogens with one attached hydrogen (secondary N) is 1. The summed E-state index contributed by atoms with van der Waals surface area (Å²) in [7, 11) is 0.